The van der Waals surface area contributed by atoms with E-state index in [9.17, 15) is 14.0 Å². The van der Waals surface area contributed by atoms with Gasteiger partial charge >= 0.3 is 5.97 Å². The van der Waals surface area contributed by atoms with Crippen molar-refractivity contribution < 1.29 is 28.2 Å². The quantitative estimate of drug-likeness (QED) is 0.576. The van der Waals surface area contributed by atoms with E-state index in [4.69, 9.17) is 14.2 Å². The third-order valence-electron chi connectivity index (χ3n) is 5.81. The number of anilines is 1. The van der Waals surface area contributed by atoms with Crippen molar-refractivity contribution in [3.8, 4) is 17.2 Å². The standard InChI is InChI=1S/C25H24FN3O5/c26-16-6-9-18(10-7-16)29-20-5-2-1-4-19(20)24(28-29)25(31)34-15-23(30)27-17-8-11-21-22(14-17)33-13-3-12-32-21/h6-11,14H,1-5,12-13,15H2,(H,27,30). The summed E-state index contributed by atoms with van der Waals surface area (Å²) in [4.78, 5) is 25.2. The molecule has 0 atom stereocenters. The fraction of sp³-hybridized carbons (Fsp3) is 0.320. The van der Waals surface area contributed by atoms with E-state index in [0.717, 1.165) is 36.9 Å². The van der Waals surface area contributed by atoms with Crippen LogP contribution in [0.2, 0.25) is 0 Å². The predicted octanol–water partition coefficient (Wildman–Crippen LogP) is 3.85. The van der Waals surface area contributed by atoms with Gasteiger partial charge in [0, 0.05) is 29.4 Å². The Morgan fingerprint density at radius 3 is 2.59 bits per heavy atom. The number of aromatic nitrogens is 2. The second-order valence-corrected chi connectivity index (χ2v) is 8.21. The molecule has 5 rings (SSSR count). The summed E-state index contributed by atoms with van der Waals surface area (Å²) >= 11 is 0. The van der Waals surface area contributed by atoms with E-state index in [1.165, 1.54) is 12.1 Å². The highest BCUT2D eigenvalue weighted by atomic mass is 19.1. The number of hydrogen-bond donors (Lipinski definition) is 1. The van der Waals surface area contributed by atoms with Gasteiger partial charge in [-0.05, 0) is 62.1 Å². The minimum atomic E-state index is -0.659. The Labute approximate surface area is 195 Å². The number of nitrogens with one attached hydrogen (secondary N) is 1. The molecule has 1 amide bonds. The average molecular weight is 465 g/mol. The molecular weight excluding hydrogens is 441 g/mol. The Hall–Kier alpha value is -3.88. The molecule has 0 radical (unpaired) electrons. The molecule has 9 heteroatoms. The molecule has 2 aromatic carbocycles. The molecule has 34 heavy (non-hydrogen) atoms. The number of ether oxygens (including phenoxy) is 3. The molecule has 2 heterocycles. The van der Waals surface area contributed by atoms with Crippen molar-refractivity contribution in [3.05, 3.63) is 65.2 Å². The first kappa shape index (κ1) is 21.9. The number of hydrogen-bond acceptors (Lipinski definition) is 6. The van der Waals surface area contributed by atoms with E-state index >= 15 is 0 Å². The van der Waals surface area contributed by atoms with E-state index < -0.39 is 18.5 Å². The number of benzene rings is 2. The molecule has 0 fully saturated rings. The average Bonchev–Trinajstić information content (AvgIpc) is 3.08. The first-order valence-electron chi connectivity index (χ1n) is 11.3. The van der Waals surface area contributed by atoms with E-state index in [2.05, 4.69) is 10.4 Å². The summed E-state index contributed by atoms with van der Waals surface area (Å²) in [6.45, 7) is 0.664. The number of halogens is 1. The van der Waals surface area contributed by atoms with Gasteiger partial charge in [-0.1, -0.05) is 0 Å². The van der Waals surface area contributed by atoms with Crippen molar-refractivity contribution in [2.24, 2.45) is 0 Å². The zero-order chi connectivity index (χ0) is 23.5. The Kier molecular flexibility index (Phi) is 6.16. The zero-order valence-electron chi connectivity index (χ0n) is 18.5. The second-order valence-electron chi connectivity index (χ2n) is 8.21. The van der Waals surface area contributed by atoms with Crippen molar-refractivity contribution >= 4 is 17.6 Å². The SMILES string of the molecule is O=C(COC(=O)c1nn(-c2ccc(F)cc2)c2c1CCCC2)Nc1ccc2c(c1)OCCCO2. The highest BCUT2D eigenvalue weighted by Crippen LogP contribution is 2.32. The van der Waals surface area contributed by atoms with Gasteiger partial charge < -0.3 is 19.5 Å². The van der Waals surface area contributed by atoms with Gasteiger partial charge in [0.15, 0.2) is 23.8 Å². The maximum atomic E-state index is 13.4. The smallest absolute Gasteiger partial charge is 0.359 e. The molecule has 1 N–H and O–H groups in total. The second kappa shape index (κ2) is 9.54. The van der Waals surface area contributed by atoms with Gasteiger partial charge in [0.25, 0.3) is 5.91 Å². The normalized spacial score (nSPS) is 14.6. The first-order valence-corrected chi connectivity index (χ1v) is 11.3. The lowest BCUT2D eigenvalue weighted by Gasteiger charge is -2.14. The number of fused-ring (bicyclic) bond motifs is 2. The molecule has 3 aromatic rings. The van der Waals surface area contributed by atoms with E-state index in [1.54, 1.807) is 35.0 Å². The lowest BCUT2D eigenvalue weighted by Crippen LogP contribution is -2.21. The van der Waals surface area contributed by atoms with Crippen molar-refractivity contribution in [3.63, 3.8) is 0 Å². The van der Waals surface area contributed by atoms with Crippen LogP contribution >= 0.6 is 0 Å². The van der Waals surface area contributed by atoms with Crippen molar-refractivity contribution in [2.75, 3.05) is 25.1 Å². The molecule has 2 aliphatic rings. The molecule has 176 valence electrons. The summed E-state index contributed by atoms with van der Waals surface area (Å²) < 4.78 is 31.5. The van der Waals surface area contributed by atoms with E-state index in [1.807, 2.05) is 0 Å². The monoisotopic (exact) mass is 465 g/mol. The zero-order valence-corrected chi connectivity index (χ0v) is 18.5. The van der Waals surface area contributed by atoms with Gasteiger partial charge in [0.1, 0.15) is 5.82 Å². The molecule has 1 aliphatic heterocycles. The maximum absolute atomic E-state index is 13.4. The van der Waals surface area contributed by atoms with Crippen molar-refractivity contribution in [1.82, 2.24) is 9.78 Å². The molecule has 0 bridgehead atoms. The molecule has 1 aliphatic carbocycles. The third kappa shape index (κ3) is 4.59. The Balaban J connectivity index is 1.27. The number of carbonyl (C=O) groups is 2. The Morgan fingerprint density at radius 1 is 1.00 bits per heavy atom. The fourth-order valence-corrected chi connectivity index (χ4v) is 4.20. The number of rotatable bonds is 5. The molecule has 0 saturated carbocycles. The number of amides is 1. The minimum absolute atomic E-state index is 0.197. The van der Waals surface area contributed by atoms with Crippen molar-refractivity contribution in [2.45, 2.75) is 32.1 Å². The van der Waals surface area contributed by atoms with Gasteiger partial charge in [0.2, 0.25) is 0 Å². The van der Waals surface area contributed by atoms with Gasteiger partial charge in [-0.3, -0.25) is 4.79 Å². The van der Waals surface area contributed by atoms with Gasteiger partial charge in [-0.25, -0.2) is 13.9 Å². The summed E-state index contributed by atoms with van der Waals surface area (Å²) in [5, 5.41) is 7.17. The Bertz CT molecular complexity index is 1220. The van der Waals surface area contributed by atoms with Crippen LogP contribution in [-0.2, 0) is 22.4 Å². The highest BCUT2D eigenvalue weighted by molar-refractivity contribution is 5.95. The topological polar surface area (TPSA) is 91.7 Å². The molecule has 1 aromatic heterocycles. The van der Waals surface area contributed by atoms with Gasteiger partial charge in [0.05, 0.1) is 18.9 Å². The largest absolute Gasteiger partial charge is 0.490 e. The number of nitrogens with zero attached hydrogens (tertiary/aromatic N) is 2. The van der Waals surface area contributed by atoms with Crippen LogP contribution in [0.4, 0.5) is 10.1 Å². The van der Waals surface area contributed by atoms with E-state index in [0.29, 0.717) is 42.5 Å². The predicted molar refractivity (Wildman–Crippen MR) is 121 cm³/mol. The number of carbonyl (C=O) groups excluding carboxylic acids is 2. The lowest BCUT2D eigenvalue weighted by atomic mass is 9.95. The highest BCUT2D eigenvalue weighted by Gasteiger charge is 2.27. The van der Waals surface area contributed by atoms with Crippen LogP contribution in [0.25, 0.3) is 5.69 Å². The molecule has 0 unspecified atom stereocenters. The van der Waals surface area contributed by atoms with Crippen LogP contribution in [0.5, 0.6) is 11.5 Å². The van der Waals surface area contributed by atoms with E-state index in [-0.39, 0.29) is 11.5 Å². The van der Waals surface area contributed by atoms with Crippen LogP contribution in [0.3, 0.4) is 0 Å². The molecule has 0 saturated heterocycles. The summed E-state index contributed by atoms with van der Waals surface area (Å²) in [6.07, 6.45) is 4.16. The van der Waals surface area contributed by atoms with Crippen LogP contribution < -0.4 is 14.8 Å². The van der Waals surface area contributed by atoms with Crippen LogP contribution in [0, 0.1) is 5.82 Å². The minimum Gasteiger partial charge on any atom is -0.490 e. The molecular formula is C25H24FN3O5. The molecule has 0 spiro atoms. The summed E-state index contributed by atoms with van der Waals surface area (Å²) in [5.74, 6) is -0.291. The number of esters is 1. The summed E-state index contributed by atoms with van der Waals surface area (Å²) in [7, 11) is 0. The van der Waals surface area contributed by atoms with Crippen LogP contribution in [0.15, 0.2) is 42.5 Å². The van der Waals surface area contributed by atoms with Crippen LogP contribution in [0.1, 0.15) is 41.0 Å². The van der Waals surface area contributed by atoms with Gasteiger partial charge in [-0.2, -0.15) is 5.10 Å². The first-order chi connectivity index (χ1) is 16.6. The van der Waals surface area contributed by atoms with Gasteiger partial charge in [-0.15, -0.1) is 0 Å². The third-order valence-corrected chi connectivity index (χ3v) is 5.81. The lowest BCUT2D eigenvalue weighted by molar-refractivity contribution is -0.119. The summed E-state index contributed by atoms with van der Waals surface area (Å²) in [5.41, 5.74) is 3.13. The summed E-state index contributed by atoms with van der Waals surface area (Å²) in [6, 6.07) is 11.1. The molecule has 8 nitrogen and oxygen atoms in total. The van der Waals surface area contributed by atoms with Crippen molar-refractivity contribution in [1.29, 1.82) is 0 Å². The fourth-order valence-electron chi connectivity index (χ4n) is 4.20. The Morgan fingerprint density at radius 2 is 1.76 bits per heavy atom. The van der Waals surface area contributed by atoms with Crippen LogP contribution in [-0.4, -0.2) is 41.5 Å². The maximum Gasteiger partial charge on any atom is 0.359 e.